The number of rotatable bonds is 7. The molecule has 5 nitrogen and oxygen atoms in total. The lowest BCUT2D eigenvalue weighted by atomic mass is 9.98. The van der Waals surface area contributed by atoms with E-state index in [9.17, 15) is 4.79 Å². The van der Waals surface area contributed by atoms with Gasteiger partial charge in [-0.3, -0.25) is 0 Å². The second-order valence-corrected chi connectivity index (χ2v) is 5.73. The van der Waals surface area contributed by atoms with E-state index in [0.717, 1.165) is 0 Å². The maximum absolute atomic E-state index is 11.8. The molecular weight excluding hydrogens is 304 g/mol. The highest BCUT2D eigenvalue weighted by molar-refractivity contribution is 5.79. The third kappa shape index (κ3) is 3.58. The Morgan fingerprint density at radius 2 is 1.58 bits per heavy atom. The number of ether oxygens (including phenoxy) is 1. The van der Waals surface area contributed by atoms with Crippen LogP contribution in [0, 0.1) is 0 Å². The normalized spacial score (nSPS) is 12.5. The van der Waals surface area contributed by atoms with E-state index < -0.39 is 6.09 Å². The lowest BCUT2D eigenvalue weighted by Crippen LogP contribution is -2.33. The second kappa shape index (κ2) is 7.95. The molecule has 0 fully saturated rings. The van der Waals surface area contributed by atoms with E-state index in [4.69, 9.17) is 9.84 Å². The van der Waals surface area contributed by atoms with Gasteiger partial charge in [0.1, 0.15) is 6.61 Å². The number of carbonyl (C=O) groups is 1. The number of nitrogens with one attached hydrogen (secondary N) is 2. The Morgan fingerprint density at radius 1 is 0.958 bits per heavy atom. The number of aliphatic hydroxyl groups is 1. The van der Waals surface area contributed by atoms with Crippen LogP contribution in [0.5, 0.6) is 0 Å². The van der Waals surface area contributed by atoms with Crippen molar-refractivity contribution in [1.82, 2.24) is 10.6 Å². The summed E-state index contributed by atoms with van der Waals surface area (Å²) in [5.41, 5.74) is 4.85. The van der Waals surface area contributed by atoms with Gasteiger partial charge in [-0.25, -0.2) is 4.79 Å². The topological polar surface area (TPSA) is 70.6 Å². The Bertz CT molecular complexity index is 657. The SMILES string of the molecule is O=C(NCCNCCO)OCC1c2ccccc2-c2ccccc21. The van der Waals surface area contributed by atoms with Crippen molar-refractivity contribution >= 4 is 6.09 Å². The first-order chi connectivity index (χ1) is 11.8. The first kappa shape index (κ1) is 16.5. The average Bonchev–Trinajstić information content (AvgIpc) is 2.94. The quantitative estimate of drug-likeness (QED) is 0.682. The third-order valence-corrected chi connectivity index (χ3v) is 4.20. The van der Waals surface area contributed by atoms with Crippen LogP contribution in [0.25, 0.3) is 11.1 Å². The highest BCUT2D eigenvalue weighted by Gasteiger charge is 2.28. The Hall–Kier alpha value is -2.37. The maximum atomic E-state index is 11.8. The molecule has 0 atom stereocenters. The fraction of sp³-hybridized carbons (Fsp3) is 0.316. The molecule has 0 spiro atoms. The number of amides is 1. The van der Waals surface area contributed by atoms with Gasteiger partial charge in [-0.1, -0.05) is 48.5 Å². The number of alkyl carbamates (subject to hydrolysis) is 1. The number of carbonyl (C=O) groups excluding carboxylic acids is 1. The molecule has 0 aliphatic heterocycles. The summed E-state index contributed by atoms with van der Waals surface area (Å²) in [6.07, 6.45) is -0.414. The average molecular weight is 326 g/mol. The minimum atomic E-state index is -0.414. The Kier molecular flexibility index (Phi) is 5.46. The highest BCUT2D eigenvalue weighted by atomic mass is 16.5. The summed E-state index contributed by atoms with van der Waals surface area (Å²) in [5, 5.41) is 14.4. The molecule has 0 unspecified atom stereocenters. The van der Waals surface area contributed by atoms with Gasteiger partial charge in [0.25, 0.3) is 0 Å². The fourth-order valence-corrected chi connectivity index (χ4v) is 3.11. The molecule has 3 N–H and O–H groups in total. The van der Waals surface area contributed by atoms with Crippen LogP contribution in [0.2, 0.25) is 0 Å². The molecule has 3 rings (SSSR count). The van der Waals surface area contributed by atoms with Crippen LogP contribution < -0.4 is 10.6 Å². The van der Waals surface area contributed by atoms with Crippen molar-refractivity contribution in [1.29, 1.82) is 0 Å². The molecule has 0 saturated carbocycles. The van der Waals surface area contributed by atoms with Crippen molar-refractivity contribution in [3.8, 4) is 11.1 Å². The van der Waals surface area contributed by atoms with Gasteiger partial charge in [0.2, 0.25) is 0 Å². The van der Waals surface area contributed by atoms with Gasteiger partial charge < -0.3 is 20.5 Å². The lowest BCUT2D eigenvalue weighted by molar-refractivity contribution is 0.143. The predicted molar refractivity (Wildman–Crippen MR) is 93.0 cm³/mol. The summed E-state index contributed by atoms with van der Waals surface area (Å²) in [6.45, 7) is 2.00. The van der Waals surface area contributed by atoms with Crippen LogP contribution in [0.1, 0.15) is 17.0 Å². The van der Waals surface area contributed by atoms with Crippen molar-refractivity contribution in [2.24, 2.45) is 0 Å². The van der Waals surface area contributed by atoms with Crippen LogP contribution in [0.4, 0.5) is 4.79 Å². The zero-order valence-electron chi connectivity index (χ0n) is 13.5. The molecule has 0 bridgehead atoms. The zero-order chi connectivity index (χ0) is 16.8. The monoisotopic (exact) mass is 326 g/mol. The minimum Gasteiger partial charge on any atom is -0.449 e. The van der Waals surface area contributed by atoms with Crippen molar-refractivity contribution in [3.63, 3.8) is 0 Å². The number of benzene rings is 2. The third-order valence-electron chi connectivity index (χ3n) is 4.20. The smallest absolute Gasteiger partial charge is 0.407 e. The van der Waals surface area contributed by atoms with Gasteiger partial charge >= 0.3 is 6.09 Å². The molecule has 1 aliphatic carbocycles. The summed E-state index contributed by atoms with van der Waals surface area (Å²) < 4.78 is 5.42. The molecule has 1 amide bonds. The van der Waals surface area contributed by atoms with Crippen LogP contribution in [0.15, 0.2) is 48.5 Å². The Morgan fingerprint density at radius 3 is 2.21 bits per heavy atom. The summed E-state index contributed by atoms with van der Waals surface area (Å²) in [4.78, 5) is 11.8. The van der Waals surface area contributed by atoms with Crippen molar-refractivity contribution in [2.75, 3.05) is 32.8 Å². The van der Waals surface area contributed by atoms with Gasteiger partial charge in [-0.05, 0) is 22.3 Å². The lowest BCUT2D eigenvalue weighted by Gasteiger charge is -2.14. The molecule has 2 aromatic carbocycles. The van der Waals surface area contributed by atoms with Crippen LogP contribution in [-0.2, 0) is 4.74 Å². The van der Waals surface area contributed by atoms with E-state index in [1.165, 1.54) is 22.3 Å². The molecular formula is C19H22N2O3. The summed E-state index contributed by atoms with van der Waals surface area (Å²) in [7, 11) is 0. The molecule has 0 aromatic heterocycles. The van der Waals surface area contributed by atoms with Crippen LogP contribution >= 0.6 is 0 Å². The van der Waals surface area contributed by atoms with Crippen LogP contribution in [0.3, 0.4) is 0 Å². The first-order valence-electron chi connectivity index (χ1n) is 8.21. The molecule has 1 aliphatic rings. The van der Waals surface area contributed by atoms with Gasteiger partial charge in [0.05, 0.1) is 6.61 Å². The summed E-state index contributed by atoms with van der Waals surface area (Å²) in [5.74, 6) is 0.0793. The maximum Gasteiger partial charge on any atom is 0.407 e. The Labute approximate surface area is 141 Å². The highest BCUT2D eigenvalue weighted by Crippen LogP contribution is 2.44. The van der Waals surface area contributed by atoms with E-state index in [2.05, 4.69) is 34.9 Å². The number of hydrogen-bond acceptors (Lipinski definition) is 4. The van der Waals surface area contributed by atoms with E-state index in [1.54, 1.807) is 0 Å². The standard InChI is InChI=1S/C19H22N2O3/c22-12-11-20-9-10-21-19(23)24-13-18-16-7-3-1-5-14(16)15-6-2-4-8-17(15)18/h1-8,18,20,22H,9-13H2,(H,21,23). The van der Waals surface area contributed by atoms with Gasteiger partial charge in [0, 0.05) is 25.6 Å². The molecule has 0 radical (unpaired) electrons. The van der Waals surface area contributed by atoms with Gasteiger partial charge in [-0.15, -0.1) is 0 Å². The first-order valence-corrected chi connectivity index (χ1v) is 8.21. The zero-order valence-corrected chi connectivity index (χ0v) is 13.5. The summed E-state index contributed by atoms with van der Waals surface area (Å²) in [6, 6.07) is 16.5. The van der Waals surface area contributed by atoms with Gasteiger partial charge in [-0.2, -0.15) is 0 Å². The summed E-state index contributed by atoms with van der Waals surface area (Å²) >= 11 is 0. The molecule has 0 heterocycles. The van der Waals surface area contributed by atoms with E-state index >= 15 is 0 Å². The fourth-order valence-electron chi connectivity index (χ4n) is 3.11. The molecule has 0 saturated heterocycles. The number of hydrogen-bond donors (Lipinski definition) is 3. The van der Waals surface area contributed by atoms with E-state index in [0.29, 0.717) is 26.2 Å². The number of aliphatic hydroxyl groups excluding tert-OH is 1. The predicted octanol–water partition coefficient (Wildman–Crippen LogP) is 2.11. The minimum absolute atomic E-state index is 0.0793. The molecule has 24 heavy (non-hydrogen) atoms. The van der Waals surface area contributed by atoms with Gasteiger partial charge in [0.15, 0.2) is 0 Å². The molecule has 2 aromatic rings. The Balaban J connectivity index is 1.58. The van der Waals surface area contributed by atoms with Crippen molar-refractivity contribution in [3.05, 3.63) is 59.7 Å². The second-order valence-electron chi connectivity index (χ2n) is 5.73. The molecule has 5 heteroatoms. The van der Waals surface area contributed by atoms with E-state index in [-0.39, 0.29) is 12.5 Å². The largest absolute Gasteiger partial charge is 0.449 e. The molecule has 126 valence electrons. The van der Waals surface area contributed by atoms with Crippen LogP contribution in [-0.4, -0.2) is 44.0 Å². The van der Waals surface area contributed by atoms with Crippen molar-refractivity contribution < 1.29 is 14.6 Å². The number of fused-ring (bicyclic) bond motifs is 3. The van der Waals surface area contributed by atoms with Crippen molar-refractivity contribution in [2.45, 2.75) is 5.92 Å². The van der Waals surface area contributed by atoms with E-state index in [1.807, 2.05) is 24.3 Å².